The minimum Gasteiger partial charge on any atom is -0.197 e. The zero-order valence-electron chi connectivity index (χ0n) is 11.0. The monoisotopic (exact) mass is 320 g/mol. The number of benzene rings is 1. The van der Waals surface area contributed by atoms with Crippen LogP contribution in [0.1, 0.15) is 25.6 Å². The molecule has 4 nitrogen and oxygen atoms in total. The van der Waals surface area contributed by atoms with Crippen molar-refractivity contribution in [3.63, 3.8) is 0 Å². The summed E-state index contributed by atoms with van der Waals surface area (Å²) >= 11 is 3.66. The van der Waals surface area contributed by atoms with Crippen LogP contribution in [0.5, 0.6) is 0 Å². The maximum atomic E-state index is 4.22. The Bertz CT molecular complexity index is 550. The van der Waals surface area contributed by atoms with Gasteiger partial charge in [-0.25, -0.2) is 0 Å². The first-order valence-electron chi connectivity index (χ1n) is 6.61. The molecule has 1 fully saturated rings. The molecule has 0 radical (unpaired) electrons. The number of nitrogens with zero attached hydrogens (tertiary/aromatic N) is 4. The van der Waals surface area contributed by atoms with Crippen molar-refractivity contribution in [3.05, 3.63) is 36.2 Å². The van der Waals surface area contributed by atoms with E-state index in [1.807, 2.05) is 35.0 Å². The average Bonchev–Trinajstić information content (AvgIpc) is 3.21. The SMILES string of the molecule is CC(CBr)(Cc1nnnn1-c1ccccc1)C1CC1. The number of alkyl halides is 1. The molecule has 19 heavy (non-hydrogen) atoms. The van der Waals surface area contributed by atoms with Crippen LogP contribution < -0.4 is 0 Å². The highest BCUT2D eigenvalue weighted by atomic mass is 79.9. The third kappa shape index (κ3) is 2.56. The predicted molar refractivity (Wildman–Crippen MR) is 77.5 cm³/mol. The number of hydrogen-bond donors (Lipinski definition) is 0. The van der Waals surface area contributed by atoms with Gasteiger partial charge in [-0.05, 0) is 46.7 Å². The Morgan fingerprint density at radius 3 is 2.68 bits per heavy atom. The Morgan fingerprint density at radius 2 is 2.05 bits per heavy atom. The van der Waals surface area contributed by atoms with Crippen molar-refractivity contribution in [2.75, 3.05) is 5.33 Å². The first kappa shape index (κ1) is 12.8. The van der Waals surface area contributed by atoms with Gasteiger partial charge in [0.1, 0.15) is 0 Å². The highest BCUT2D eigenvalue weighted by Gasteiger charge is 2.41. The molecule has 1 aromatic heterocycles. The van der Waals surface area contributed by atoms with Crippen LogP contribution in [0, 0.1) is 11.3 Å². The van der Waals surface area contributed by atoms with E-state index >= 15 is 0 Å². The fraction of sp³-hybridized carbons (Fsp3) is 0.500. The summed E-state index contributed by atoms with van der Waals surface area (Å²) in [6.07, 6.45) is 3.56. The smallest absolute Gasteiger partial charge is 0.157 e. The summed E-state index contributed by atoms with van der Waals surface area (Å²) in [6, 6.07) is 10.1. The summed E-state index contributed by atoms with van der Waals surface area (Å²) in [5, 5.41) is 13.2. The van der Waals surface area contributed by atoms with E-state index in [0.717, 1.165) is 29.2 Å². The fourth-order valence-electron chi connectivity index (χ4n) is 2.53. The first-order chi connectivity index (χ1) is 9.23. The Morgan fingerprint density at radius 1 is 1.32 bits per heavy atom. The maximum Gasteiger partial charge on any atom is 0.157 e. The molecule has 1 aromatic carbocycles. The van der Waals surface area contributed by atoms with Crippen molar-refractivity contribution >= 4 is 15.9 Å². The van der Waals surface area contributed by atoms with E-state index in [1.165, 1.54) is 12.8 Å². The molecule has 5 heteroatoms. The normalized spacial score (nSPS) is 18.2. The summed E-state index contributed by atoms with van der Waals surface area (Å²) in [5.74, 6) is 1.74. The molecule has 1 saturated carbocycles. The van der Waals surface area contributed by atoms with Crippen molar-refractivity contribution in [1.82, 2.24) is 20.2 Å². The maximum absolute atomic E-state index is 4.22. The van der Waals surface area contributed by atoms with Crippen LogP contribution in [0.25, 0.3) is 5.69 Å². The minimum atomic E-state index is 0.251. The van der Waals surface area contributed by atoms with E-state index in [2.05, 4.69) is 38.4 Å². The molecule has 1 atom stereocenters. The molecule has 0 spiro atoms. The van der Waals surface area contributed by atoms with E-state index in [0.29, 0.717) is 0 Å². The van der Waals surface area contributed by atoms with Gasteiger partial charge in [0.15, 0.2) is 5.82 Å². The Balaban J connectivity index is 1.88. The largest absolute Gasteiger partial charge is 0.197 e. The van der Waals surface area contributed by atoms with Crippen molar-refractivity contribution in [3.8, 4) is 5.69 Å². The average molecular weight is 321 g/mol. The second kappa shape index (κ2) is 5.04. The highest BCUT2D eigenvalue weighted by molar-refractivity contribution is 9.09. The molecule has 100 valence electrons. The van der Waals surface area contributed by atoms with Crippen LogP contribution in [0.15, 0.2) is 30.3 Å². The van der Waals surface area contributed by atoms with Gasteiger partial charge in [-0.1, -0.05) is 41.1 Å². The fourth-order valence-corrected chi connectivity index (χ4v) is 3.18. The van der Waals surface area contributed by atoms with Gasteiger partial charge < -0.3 is 0 Å². The molecule has 0 aliphatic heterocycles. The molecule has 0 bridgehead atoms. The Labute approximate surface area is 121 Å². The molecule has 0 amide bonds. The van der Waals surface area contributed by atoms with E-state index in [1.54, 1.807) is 0 Å². The lowest BCUT2D eigenvalue weighted by molar-refractivity contribution is 0.309. The third-order valence-corrected chi connectivity index (χ3v) is 5.25. The summed E-state index contributed by atoms with van der Waals surface area (Å²) in [6.45, 7) is 2.32. The molecule has 1 heterocycles. The standard InChI is InChI=1S/C14H17BrN4/c1-14(10-15,11-7-8-11)9-13-16-17-18-19(13)12-5-3-2-4-6-12/h2-6,11H,7-10H2,1H3. The molecule has 1 unspecified atom stereocenters. The number of aromatic nitrogens is 4. The van der Waals surface area contributed by atoms with Crippen LogP contribution in [0.2, 0.25) is 0 Å². The van der Waals surface area contributed by atoms with Gasteiger partial charge in [0.2, 0.25) is 0 Å². The van der Waals surface area contributed by atoms with Gasteiger partial charge in [-0.15, -0.1) is 5.10 Å². The van der Waals surface area contributed by atoms with E-state index in [4.69, 9.17) is 0 Å². The zero-order valence-corrected chi connectivity index (χ0v) is 12.5. The van der Waals surface area contributed by atoms with E-state index in [9.17, 15) is 0 Å². The number of rotatable bonds is 5. The minimum absolute atomic E-state index is 0.251. The Kier molecular flexibility index (Phi) is 3.39. The number of hydrogen-bond acceptors (Lipinski definition) is 3. The summed E-state index contributed by atoms with van der Waals surface area (Å²) in [5.41, 5.74) is 1.27. The van der Waals surface area contributed by atoms with Crippen LogP contribution in [0.4, 0.5) is 0 Å². The zero-order chi connectivity index (χ0) is 13.3. The highest BCUT2D eigenvalue weighted by Crippen LogP contribution is 2.48. The molecule has 0 saturated heterocycles. The summed E-state index contributed by atoms with van der Waals surface area (Å²) in [7, 11) is 0. The molecular weight excluding hydrogens is 304 g/mol. The van der Waals surface area contributed by atoms with Gasteiger partial charge in [-0.3, -0.25) is 0 Å². The topological polar surface area (TPSA) is 43.6 Å². The van der Waals surface area contributed by atoms with Crippen molar-refractivity contribution in [2.45, 2.75) is 26.2 Å². The lowest BCUT2D eigenvalue weighted by atomic mass is 9.83. The van der Waals surface area contributed by atoms with Gasteiger partial charge in [0, 0.05) is 11.8 Å². The molecule has 0 N–H and O–H groups in total. The third-order valence-electron chi connectivity index (χ3n) is 3.97. The lowest BCUT2D eigenvalue weighted by Crippen LogP contribution is -2.26. The van der Waals surface area contributed by atoms with Crippen LogP contribution in [-0.2, 0) is 6.42 Å². The Hall–Kier alpha value is -1.23. The number of para-hydroxylation sites is 1. The first-order valence-corrected chi connectivity index (χ1v) is 7.74. The second-order valence-corrected chi connectivity index (χ2v) is 6.14. The summed E-state index contributed by atoms with van der Waals surface area (Å²) in [4.78, 5) is 0. The lowest BCUT2D eigenvalue weighted by Gasteiger charge is -2.26. The van der Waals surface area contributed by atoms with Crippen LogP contribution >= 0.6 is 15.9 Å². The van der Waals surface area contributed by atoms with Gasteiger partial charge in [0.05, 0.1) is 5.69 Å². The van der Waals surface area contributed by atoms with Gasteiger partial charge in [-0.2, -0.15) is 4.68 Å². The van der Waals surface area contributed by atoms with E-state index < -0.39 is 0 Å². The molecule has 1 aliphatic rings. The molecule has 3 rings (SSSR count). The van der Waals surface area contributed by atoms with Gasteiger partial charge >= 0.3 is 0 Å². The summed E-state index contributed by atoms with van der Waals surface area (Å²) < 4.78 is 1.85. The van der Waals surface area contributed by atoms with Crippen molar-refractivity contribution in [1.29, 1.82) is 0 Å². The van der Waals surface area contributed by atoms with E-state index in [-0.39, 0.29) is 5.41 Å². The quantitative estimate of drug-likeness (QED) is 0.795. The molecule has 2 aromatic rings. The van der Waals surface area contributed by atoms with Crippen molar-refractivity contribution in [2.24, 2.45) is 11.3 Å². The predicted octanol–water partition coefficient (Wildman–Crippen LogP) is 3.02. The van der Waals surface area contributed by atoms with Crippen molar-refractivity contribution < 1.29 is 0 Å². The molecule has 1 aliphatic carbocycles. The number of halogens is 1. The number of tetrazole rings is 1. The molecular formula is C14H17BrN4. The second-order valence-electron chi connectivity index (χ2n) is 5.58. The van der Waals surface area contributed by atoms with Crippen LogP contribution in [-0.4, -0.2) is 25.5 Å². The van der Waals surface area contributed by atoms with Gasteiger partial charge in [0.25, 0.3) is 0 Å². The van der Waals surface area contributed by atoms with Crippen LogP contribution in [0.3, 0.4) is 0 Å².